The first-order valence-electron chi connectivity index (χ1n) is 5.80. The molecule has 0 saturated carbocycles. The molecule has 0 aliphatic rings. The van der Waals surface area contributed by atoms with Gasteiger partial charge in [0.15, 0.2) is 0 Å². The average Bonchev–Trinajstić information content (AvgIpc) is 2.81. The molecule has 1 N–H and O–H groups in total. The standard InChI is InChI=1S/C12H17N5/c1-3-6-17-8-10(7-16-17)12(13-2)11-4-5-14-9-15-11/h4-5,7-9,12-13H,3,6H2,1-2H3. The summed E-state index contributed by atoms with van der Waals surface area (Å²) in [6.07, 6.45) is 8.35. The maximum absolute atomic E-state index is 4.33. The van der Waals surface area contributed by atoms with Crippen LogP contribution < -0.4 is 5.32 Å². The van der Waals surface area contributed by atoms with Gasteiger partial charge >= 0.3 is 0 Å². The van der Waals surface area contributed by atoms with Gasteiger partial charge in [0.1, 0.15) is 6.33 Å². The van der Waals surface area contributed by atoms with Gasteiger partial charge in [-0.25, -0.2) is 9.97 Å². The largest absolute Gasteiger partial charge is 0.308 e. The molecule has 17 heavy (non-hydrogen) atoms. The molecule has 0 spiro atoms. The summed E-state index contributed by atoms with van der Waals surface area (Å²) >= 11 is 0. The zero-order chi connectivity index (χ0) is 12.1. The fourth-order valence-corrected chi connectivity index (χ4v) is 1.84. The van der Waals surface area contributed by atoms with E-state index in [0.717, 1.165) is 24.2 Å². The smallest absolute Gasteiger partial charge is 0.115 e. The second kappa shape index (κ2) is 5.54. The average molecular weight is 231 g/mol. The predicted molar refractivity (Wildman–Crippen MR) is 65.5 cm³/mol. The SMILES string of the molecule is CCCn1cc(C(NC)c2ccncn2)cn1. The van der Waals surface area contributed by atoms with Gasteiger partial charge in [0.2, 0.25) is 0 Å². The lowest BCUT2D eigenvalue weighted by atomic mass is 10.1. The Kier molecular flexibility index (Phi) is 3.82. The van der Waals surface area contributed by atoms with E-state index < -0.39 is 0 Å². The number of hydrogen-bond acceptors (Lipinski definition) is 4. The molecule has 5 heteroatoms. The molecule has 0 radical (unpaired) electrons. The van der Waals surface area contributed by atoms with Crippen molar-refractivity contribution in [2.45, 2.75) is 25.9 Å². The van der Waals surface area contributed by atoms with E-state index in [1.54, 1.807) is 12.5 Å². The zero-order valence-electron chi connectivity index (χ0n) is 10.2. The molecule has 5 nitrogen and oxygen atoms in total. The van der Waals surface area contributed by atoms with Gasteiger partial charge in [0.05, 0.1) is 17.9 Å². The lowest BCUT2D eigenvalue weighted by molar-refractivity contribution is 0.599. The summed E-state index contributed by atoms with van der Waals surface area (Å²) in [5, 5.41) is 7.58. The Labute approximate surface area is 101 Å². The van der Waals surface area contributed by atoms with Gasteiger partial charge in [-0.3, -0.25) is 4.68 Å². The monoisotopic (exact) mass is 231 g/mol. The second-order valence-electron chi connectivity index (χ2n) is 3.89. The fraction of sp³-hybridized carbons (Fsp3) is 0.417. The van der Waals surface area contributed by atoms with Crippen molar-refractivity contribution in [1.82, 2.24) is 25.1 Å². The van der Waals surface area contributed by atoms with Crippen LogP contribution in [0.25, 0.3) is 0 Å². The molecule has 0 bridgehead atoms. The molecule has 2 rings (SSSR count). The molecular formula is C12H17N5. The second-order valence-corrected chi connectivity index (χ2v) is 3.89. The number of aryl methyl sites for hydroxylation is 1. The fourth-order valence-electron chi connectivity index (χ4n) is 1.84. The minimum atomic E-state index is 0.0728. The molecule has 0 saturated heterocycles. The van der Waals surface area contributed by atoms with Crippen LogP contribution in [-0.4, -0.2) is 26.8 Å². The molecule has 90 valence electrons. The topological polar surface area (TPSA) is 55.6 Å². The zero-order valence-corrected chi connectivity index (χ0v) is 10.2. The van der Waals surface area contributed by atoms with Gasteiger partial charge in [0, 0.05) is 24.5 Å². The lowest BCUT2D eigenvalue weighted by Crippen LogP contribution is -2.18. The van der Waals surface area contributed by atoms with E-state index in [-0.39, 0.29) is 6.04 Å². The molecule has 1 atom stereocenters. The van der Waals surface area contributed by atoms with Crippen molar-refractivity contribution >= 4 is 0 Å². The van der Waals surface area contributed by atoms with Crippen LogP contribution in [0, 0.1) is 0 Å². The normalized spacial score (nSPS) is 12.6. The van der Waals surface area contributed by atoms with Gasteiger partial charge in [-0.1, -0.05) is 6.92 Å². The maximum atomic E-state index is 4.33. The summed E-state index contributed by atoms with van der Waals surface area (Å²) in [7, 11) is 1.92. The third-order valence-corrected chi connectivity index (χ3v) is 2.63. The van der Waals surface area contributed by atoms with Gasteiger partial charge in [-0.2, -0.15) is 5.10 Å². The van der Waals surface area contributed by atoms with Crippen LogP contribution in [0.5, 0.6) is 0 Å². The minimum Gasteiger partial charge on any atom is -0.308 e. The Morgan fingerprint density at radius 1 is 1.47 bits per heavy atom. The van der Waals surface area contributed by atoms with Crippen LogP contribution in [0.3, 0.4) is 0 Å². The van der Waals surface area contributed by atoms with Crippen LogP contribution in [-0.2, 0) is 6.54 Å². The van der Waals surface area contributed by atoms with Crippen LogP contribution in [0.4, 0.5) is 0 Å². The third-order valence-electron chi connectivity index (χ3n) is 2.63. The van der Waals surface area contributed by atoms with Crippen LogP contribution >= 0.6 is 0 Å². The molecule has 0 amide bonds. The maximum Gasteiger partial charge on any atom is 0.115 e. The molecule has 2 aromatic heterocycles. The molecule has 0 fully saturated rings. The van der Waals surface area contributed by atoms with Gasteiger partial charge in [-0.15, -0.1) is 0 Å². The molecule has 0 aliphatic heterocycles. The van der Waals surface area contributed by atoms with E-state index in [2.05, 4.69) is 33.5 Å². The molecule has 1 unspecified atom stereocenters. The first-order chi connectivity index (χ1) is 8.35. The van der Waals surface area contributed by atoms with E-state index in [0.29, 0.717) is 0 Å². The van der Waals surface area contributed by atoms with Crippen LogP contribution in [0.1, 0.15) is 30.6 Å². The highest BCUT2D eigenvalue weighted by molar-refractivity contribution is 5.22. The van der Waals surface area contributed by atoms with Crippen molar-refractivity contribution in [3.05, 3.63) is 42.2 Å². The minimum absolute atomic E-state index is 0.0728. The van der Waals surface area contributed by atoms with E-state index in [1.807, 2.05) is 24.0 Å². The number of aromatic nitrogens is 4. The Morgan fingerprint density at radius 3 is 3.00 bits per heavy atom. The molecular weight excluding hydrogens is 214 g/mol. The van der Waals surface area contributed by atoms with Crippen molar-refractivity contribution in [3.8, 4) is 0 Å². The van der Waals surface area contributed by atoms with Crippen molar-refractivity contribution in [2.24, 2.45) is 0 Å². The van der Waals surface area contributed by atoms with E-state index in [1.165, 1.54) is 0 Å². The van der Waals surface area contributed by atoms with Gasteiger partial charge in [-0.05, 0) is 19.5 Å². The summed E-state index contributed by atoms with van der Waals surface area (Å²) in [6, 6.07) is 1.99. The summed E-state index contributed by atoms with van der Waals surface area (Å²) in [5.41, 5.74) is 2.08. The quantitative estimate of drug-likeness (QED) is 0.845. The third kappa shape index (κ3) is 2.68. The van der Waals surface area contributed by atoms with Gasteiger partial charge in [0.25, 0.3) is 0 Å². The first-order valence-corrected chi connectivity index (χ1v) is 5.80. The Morgan fingerprint density at radius 2 is 2.35 bits per heavy atom. The van der Waals surface area contributed by atoms with Crippen molar-refractivity contribution < 1.29 is 0 Å². The Balaban J connectivity index is 2.23. The number of hydrogen-bond donors (Lipinski definition) is 1. The summed E-state index contributed by atoms with van der Waals surface area (Å²) in [5.74, 6) is 0. The Bertz CT molecular complexity index is 451. The Hall–Kier alpha value is -1.75. The molecule has 0 aromatic carbocycles. The van der Waals surface area contributed by atoms with Crippen molar-refractivity contribution in [1.29, 1.82) is 0 Å². The summed E-state index contributed by atoms with van der Waals surface area (Å²) in [6.45, 7) is 3.08. The highest BCUT2D eigenvalue weighted by atomic mass is 15.3. The van der Waals surface area contributed by atoms with E-state index in [9.17, 15) is 0 Å². The highest BCUT2D eigenvalue weighted by Gasteiger charge is 2.14. The van der Waals surface area contributed by atoms with E-state index >= 15 is 0 Å². The summed E-state index contributed by atoms with van der Waals surface area (Å²) < 4.78 is 1.96. The number of nitrogens with one attached hydrogen (secondary N) is 1. The van der Waals surface area contributed by atoms with E-state index in [4.69, 9.17) is 0 Å². The van der Waals surface area contributed by atoms with Gasteiger partial charge < -0.3 is 5.32 Å². The van der Waals surface area contributed by atoms with Crippen molar-refractivity contribution in [2.75, 3.05) is 7.05 Å². The van der Waals surface area contributed by atoms with Crippen molar-refractivity contribution in [3.63, 3.8) is 0 Å². The molecule has 0 aliphatic carbocycles. The highest BCUT2D eigenvalue weighted by Crippen LogP contribution is 2.18. The predicted octanol–water partition coefficient (Wildman–Crippen LogP) is 1.39. The molecule has 2 aromatic rings. The first kappa shape index (κ1) is 11.7. The summed E-state index contributed by atoms with van der Waals surface area (Å²) in [4.78, 5) is 8.20. The number of rotatable bonds is 5. The molecule has 2 heterocycles. The van der Waals surface area contributed by atoms with Crippen LogP contribution in [0.15, 0.2) is 31.0 Å². The number of nitrogens with zero attached hydrogens (tertiary/aromatic N) is 4. The van der Waals surface area contributed by atoms with Crippen LogP contribution in [0.2, 0.25) is 0 Å². The lowest BCUT2D eigenvalue weighted by Gasteiger charge is -2.12.